The van der Waals surface area contributed by atoms with Gasteiger partial charge < -0.3 is 10.0 Å². The standard InChI is InChI=1S/C46H39B4N5O/c1-54(31-17-9-4-10-18-31)36-26-37-34(25-33(36)29-15-7-3-8-16-29)32-19-11-12-20-35(32)55(37)46-52-44(30-23-21-28(22-24-30)27-13-5-2-6-14-27)51-45(53-46)38-39(47)41(49)42(50)43(56)40(38)48/h2-10,13-26,56H,11-12,47-50H2,1H3. The Morgan fingerprint density at radius 1 is 0.589 bits per heavy atom. The molecule has 0 saturated heterocycles. The molecule has 0 fully saturated rings. The van der Waals surface area contributed by atoms with Crippen LogP contribution < -0.4 is 37.3 Å². The van der Waals surface area contributed by atoms with Crippen LogP contribution in [0.3, 0.4) is 0 Å². The molecule has 0 radical (unpaired) electrons. The lowest BCUT2D eigenvalue weighted by molar-refractivity contribution is 0.484. The van der Waals surface area contributed by atoms with Crippen molar-refractivity contribution in [3.8, 4) is 56.7 Å². The molecule has 0 aliphatic heterocycles. The van der Waals surface area contributed by atoms with Crippen LogP contribution in [0.5, 0.6) is 5.75 Å². The normalized spacial score (nSPS) is 12.2. The zero-order valence-electron chi connectivity index (χ0n) is 32.4. The van der Waals surface area contributed by atoms with E-state index in [1.807, 2.05) is 35.7 Å². The van der Waals surface area contributed by atoms with Crippen LogP contribution >= 0.6 is 0 Å². The van der Waals surface area contributed by atoms with E-state index in [0.717, 1.165) is 95.7 Å². The largest absolute Gasteiger partial charge is 0.509 e. The van der Waals surface area contributed by atoms with Gasteiger partial charge in [0.05, 0.1) is 16.6 Å². The van der Waals surface area contributed by atoms with Gasteiger partial charge in [0, 0.05) is 40.0 Å². The molecule has 0 spiro atoms. The third-order valence-electron chi connectivity index (χ3n) is 11.5. The van der Waals surface area contributed by atoms with E-state index >= 15 is 0 Å². The number of nitrogens with zero attached hydrogens (tertiary/aromatic N) is 5. The number of benzene rings is 6. The van der Waals surface area contributed by atoms with Gasteiger partial charge in [-0.1, -0.05) is 132 Å². The summed E-state index contributed by atoms with van der Waals surface area (Å²) < 4.78 is 2.22. The van der Waals surface area contributed by atoms with E-state index in [9.17, 15) is 5.11 Å². The first kappa shape index (κ1) is 35.2. The van der Waals surface area contributed by atoms with Crippen molar-refractivity contribution in [1.82, 2.24) is 19.5 Å². The van der Waals surface area contributed by atoms with Crippen LogP contribution in [0.4, 0.5) is 11.4 Å². The Kier molecular flexibility index (Phi) is 8.97. The number of anilines is 2. The number of rotatable bonds is 7. The fourth-order valence-electron chi connectivity index (χ4n) is 8.17. The van der Waals surface area contributed by atoms with Crippen LogP contribution in [0, 0.1) is 0 Å². The molecule has 2 heterocycles. The van der Waals surface area contributed by atoms with Gasteiger partial charge in [0.1, 0.15) is 37.1 Å². The van der Waals surface area contributed by atoms with Gasteiger partial charge >= 0.3 is 0 Å². The van der Waals surface area contributed by atoms with Crippen molar-refractivity contribution in [2.45, 2.75) is 12.8 Å². The highest BCUT2D eigenvalue weighted by Gasteiger charge is 2.23. The van der Waals surface area contributed by atoms with Crippen molar-refractivity contribution < 1.29 is 5.11 Å². The van der Waals surface area contributed by atoms with Crippen LogP contribution in [-0.4, -0.2) is 63.1 Å². The average Bonchev–Trinajstić information content (AvgIpc) is 3.58. The van der Waals surface area contributed by atoms with Gasteiger partial charge in [0.25, 0.3) is 0 Å². The lowest BCUT2D eigenvalue weighted by Crippen LogP contribution is -2.44. The number of hydrogen-bond acceptors (Lipinski definition) is 5. The Hall–Kier alpha value is -6.53. The molecule has 0 saturated carbocycles. The monoisotopic (exact) mass is 721 g/mol. The lowest BCUT2D eigenvalue weighted by Gasteiger charge is -2.24. The first-order valence-corrected chi connectivity index (χ1v) is 19.2. The van der Waals surface area contributed by atoms with E-state index < -0.39 is 0 Å². The summed E-state index contributed by atoms with van der Waals surface area (Å²) in [6.45, 7) is 0. The maximum absolute atomic E-state index is 11.3. The third kappa shape index (κ3) is 6.02. The molecule has 266 valence electrons. The molecule has 0 amide bonds. The summed E-state index contributed by atoms with van der Waals surface area (Å²) in [6, 6.07) is 44.5. The molecular weight excluding hydrogens is 682 g/mol. The van der Waals surface area contributed by atoms with Crippen molar-refractivity contribution in [2.75, 3.05) is 11.9 Å². The van der Waals surface area contributed by atoms with Crippen molar-refractivity contribution in [1.29, 1.82) is 0 Å². The van der Waals surface area contributed by atoms with Gasteiger partial charge in [-0.2, -0.15) is 9.97 Å². The maximum atomic E-state index is 11.3. The topological polar surface area (TPSA) is 67.1 Å². The summed E-state index contributed by atoms with van der Waals surface area (Å²) in [6.07, 6.45) is 6.54. The maximum Gasteiger partial charge on any atom is 0.238 e. The Balaban J connectivity index is 1.34. The molecule has 1 aliphatic carbocycles. The fourth-order valence-corrected chi connectivity index (χ4v) is 8.17. The Morgan fingerprint density at radius 2 is 1.18 bits per heavy atom. The van der Waals surface area contributed by atoms with Gasteiger partial charge in [0.2, 0.25) is 5.95 Å². The minimum atomic E-state index is 0.271. The molecule has 0 unspecified atom stereocenters. The molecule has 0 atom stereocenters. The highest BCUT2D eigenvalue weighted by molar-refractivity contribution is 6.62. The van der Waals surface area contributed by atoms with E-state index in [1.54, 1.807) is 0 Å². The Morgan fingerprint density at radius 3 is 1.88 bits per heavy atom. The molecule has 56 heavy (non-hydrogen) atoms. The molecule has 6 aromatic carbocycles. The Labute approximate surface area is 330 Å². The quantitative estimate of drug-likeness (QED) is 0.257. The smallest absolute Gasteiger partial charge is 0.238 e. The van der Waals surface area contributed by atoms with Crippen LogP contribution in [0.1, 0.15) is 12.8 Å². The molecule has 6 nitrogen and oxygen atoms in total. The summed E-state index contributed by atoms with van der Waals surface area (Å²) in [5.74, 6) is 1.90. The van der Waals surface area contributed by atoms with Crippen molar-refractivity contribution in [2.24, 2.45) is 0 Å². The minimum absolute atomic E-state index is 0.271. The SMILES string of the molecule is Bc1c(B)c(O)c(B)c(-c2nc(-c3ccc(-c4ccccc4)cc3)nc(-n3c4c(c5cc(-c6ccccc6)c(N(C)c6ccccc6)cc53)=CCCC=4)n2)c1B. The predicted molar refractivity (Wildman–Crippen MR) is 245 cm³/mol. The second-order valence-electron chi connectivity index (χ2n) is 14.7. The number of fused-ring (bicyclic) bond motifs is 3. The van der Waals surface area contributed by atoms with E-state index in [-0.39, 0.29) is 5.75 Å². The molecule has 0 bridgehead atoms. The number of phenols is 1. The summed E-state index contributed by atoms with van der Waals surface area (Å²) in [5, 5.41) is 14.7. The molecule has 9 rings (SSSR count). The van der Waals surface area contributed by atoms with Crippen molar-refractivity contribution >= 4 is 87.7 Å². The number of para-hydroxylation sites is 1. The second kappa shape index (κ2) is 14.3. The number of phenolic OH excluding ortho intramolecular Hbond substituents is 1. The predicted octanol–water partition coefficient (Wildman–Crippen LogP) is 2.35. The second-order valence-corrected chi connectivity index (χ2v) is 14.7. The number of aromatic nitrogens is 4. The summed E-state index contributed by atoms with van der Waals surface area (Å²) in [7, 11) is 10.2. The van der Waals surface area contributed by atoms with Crippen LogP contribution in [-0.2, 0) is 0 Å². The summed E-state index contributed by atoms with van der Waals surface area (Å²) >= 11 is 0. The van der Waals surface area contributed by atoms with Crippen LogP contribution in [0.25, 0.3) is 74.0 Å². The first-order valence-electron chi connectivity index (χ1n) is 19.2. The molecule has 1 aliphatic rings. The number of hydrogen-bond donors (Lipinski definition) is 1. The van der Waals surface area contributed by atoms with Gasteiger partial charge in [0.15, 0.2) is 11.6 Å². The molecule has 8 aromatic rings. The van der Waals surface area contributed by atoms with Crippen LogP contribution in [0.2, 0.25) is 0 Å². The number of aromatic hydroxyl groups is 1. The van der Waals surface area contributed by atoms with Gasteiger partial charge in [-0.3, -0.25) is 4.57 Å². The summed E-state index contributed by atoms with van der Waals surface area (Å²) in [4.78, 5) is 18.1. The minimum Gasteiger partial charge on any atom is -0.509 e. The van der Waals surface area contributed by atoms with Gasteiger partial charge in [-0.25, -0.2) is 4.98 Å². The first-order chi connectivity index (χ1) is 27.3. The van der Waals surface area contributed by atoms with E-state index in [1.165, 1.54) is 5.22 Å². The third-order valence-corrected chi connectivity index (χ3v) is 11.5. The highest BCUT2D eigenvalue weighted by Crippen LogP contribution is 2.37. The Bertz CT molecular complexity index is 2890. The van der Waals surface area contributed by atoms with Gasteiger partial charge in [-0.15, -0.1) is 0 Å². The van der Waals surface area contributed by atoms with E-state index in [2.05, 4.69) is 152 Å². The summed E-state index contributed by atoms with van der Waals surface area (Å²) in [5.41, 5.74) is 13.1. The zero-order chi connectivity index (χ0) is 38.5. The molecular formula is C46H39B4N5O. The van der Waals surface area contributed by atoms with Crippen molar-refractivity contribution in [3.63, 3.8) is 0 Å². The lowest BCUT2D eigenvalue weighted by atomic mass is 9.66. The molecule has 1 N–H and O–H groups in total. The van der Waals surface area contributed by atoms with E-state index in [4.69, 9.17) is 15.0 Å². The van der Waals surface area contributed by atoms with Crippen molar-refractivity contribution in [3.05, 3.63) is 138 Å². The van der Waals surface area contributed by atoms with E-state index in [0.29, 0.717) is 17.6 Å². The highest BCUT2D eigenvalue weighted by atomic mass is 16.3. The fraction of sp³-hybridized carbons (Fsp3) is 0.0652. The van der Waals surface area contributed by atoms with Gasteiger partial charge in [-0.05, 0) is 59.3 Å². The zero-order valence-corrected chi connectivity index (χ0v) is 32.4. The molecule has 10 heteroatoms. The molecule has 2 aromatic heterocycles. The average molecular weight is 721 g/mol. The van der Waals surface area contributed by atoms with Crippen LogP contribution in [0.15, 0.2) is 127 Å².